The first kappa shape index (κ1) is 26.4. The lowest BCUT2D eigenvalue weighted by Crippen LogP contribution is -3.00. The maximum atomic E-state index is 13.1. The van der Waals surface area contributed by atoms with Crippen LogP contribution in [0.2, 0.25) is 0 Å². The lowest BCUT2D eigenvalue weighted by Gasteiger charge is -2.32. The molecule has 30 heavy (non-hydrogen) atoms. The van der Waals surface area contributed by atoms with Gasteiger partial charge in [-0.1, -0.05) is 25.5 Å². The molecule has 0 radical (unpaired) electrons. The molecule has 0 saturated carbocycles. The number of hydrogen-bond donors (Lipinski definition) is 2. The van der Waals surface area contributed by atoms with E-state index in [1.807, 2.05) is 11.5 Å². The quantitative estimate of drug-likeness (QED) is 0.392. The molecule has 4 nitrogen and oxygen atoms in total. The third-order valence-electron chi connectivity index (χ3n) is 5.11. The summed E-state index contributed by atoms with van der Waals surface area (Å²) in [5, 5.41) is 9.54. The number of anilines is 1. The molecule has 0 atom stereocenters. The van der Waals surface area contributed by atoms with Crippen molar-refractivity contribution in [3.8, 4) is 0 Å². The van der Waals surface area contributed by atoms with Gasteiger partial charge in [-0.3, -0.25) is 10.3 Å². The first-order chi connectivity index (χ1) is 13.4. The Morgan fingerprint density at radius 3 is 1.93 bits per heavy atom. The van der Waals surface area contributed by atoms with E-state index in [9.17, 15) is 31.4 Å². The van der Waals surface area contributed by atoms with Crippen molar-refractivity contribution in [3.05, 3.63) is 29.8 Å². The van der Waals surface area contributed by atoms with E-state index in [2.05, 4.69) is 0 Å². The second-order valence-corrected chi connectivity index (χ2v) is 7.16. The zero-order chi connectivity index (χ0) is 21.9. The minimum absolute atomic E-state index is 0. The summed E-state index contributed by atoms with van der Waals surface area (Å²) in [6.45, 7) is 3.93. The van der Waals surface area contributed by atoms with Crippen molar-refractivity contribution in [2.45, 2.75) is 57.0 Å². The third kappa shape index (κ3) is 5.32. The Bertz CT molecular complexity index is 696. The summed E-state index contributed by atoms with van der Waals surface area (Å²) >= 11 is 0. The zero-order valence-corrected chi connectivity index (χ0v) is 17.3. The predicted octanol–water partition coefficient (Wildman–Crippen LogP) is 1.12. The zero-order valence-electron chi connectivity index (χ0n) is 16.5. The summed E-state index contributed by atoms with van der Waals surface area (Å²) < 4.78 is 80.4. The summed E-state index contributed by atoms with van der Waals surface area (Å²) in [4.78, 5) is 1.69. The first-order valence-corrected chi connectivity index (χ1v) is 9.54. The van der Waals surface area contributed by atoms with Crippen LogP contribution in [0.4, 0.5) is 32.0 Å². The average Bonchev–Trinajstić information content (AvgIpc) is 2.67. The maximum absolute atomic E-state index is 13.1. The molecule has 1 fully saturated rings. The highest BCUT2D eigenvalue weighted by atomic mass is 35.5. The maximum Gasteiger partial charge on any atom is 0.430 e. The number of nitrogens with two attached hydrogens (primary N) is 1. The molecule has 3 N–H and O–H groups in total. The summed E-state index contributed by atoms with van der Waals surface area (Å²) in [6, 6.07) is 3.56. The van der Waals surface area contributed by atoms with Crippen LogP contribution in [0.15, 0.2) is 24.3 Å². The van der Waals surface area contributed by atoms with Gasteiger partial charge in [-0.05, 0) is 37.8 Å². The molecule has 1 aliphatic heterocycles. The van der Waals surface area contributed by atoms with E-state index in [1.54, 1.807) is 4.90 Å². The van der Waals surface area contributed by atoms with E-state index in [0.717, 1.165) is 57.3 Å². The number of guanidine groups is 1. The number of halogens is 7. The van der Waals surface area contributed by atoms with Crippen LogP contribution in [-0.4, -0.2) is 47.6 Å². The predicted molar refractivity (Wildman–Crippen MR) is 97.7 cm³/mol. The van der Waals surface area contributed by atoms with E-state index >= 15 is 0 Å². The van der Waals surface area contributed by atoms with Crippen LogP contribution in [0.3, 0.4) is 0 Å². The molecule has 1 heterocycles. The molecule has 11 heteroatoms. The van der Waals surface area contributed by atoms with Crippen LogP contribution in [0.1, 0.15) is 44.6 Å². The number of benzene rings is 1. The number of piperidine rings is 1. The van der Waals surface area contributed by atoms with Gasteiger partial charge in [0.2, 0.25) is 0 Å². The normalized spacial score (nSPS) is 15.5. The number of hydrogen-bond acceptors (Lipinski definition) is 1. The molecule has 0 aromatic heterocycles. The Morgan fingerprint density at radius 1 is 1.00 bits per heavy atom. The lowest BCUT2D eigenvalue weighted by molar-refractivity contribution is -0.539. The average molecular weight is 462 g/mol. The largest absolute Gasteiger partial charge is 1.00 e. The Balaban J connectivity index is 0.00000450. The van der Waals surface area contributed by atoms with Crippen LogP contribution in [0.5, 0.6) is 0 Å². The van der Waals surface area contributed by atoms with Gasteiger partial charge < -0.3 is 17.5 Å². The molecule has 1 aliphatic rings. The molecular weight excluding hydrogens is 436 g/mol. The fourth-order valence-corrected chi connectivity index (χ4v) is 3.36. The van der Waals surface area contributed by atoms with Gasteiger partial charge in [0, 0.05) is 5.56 Å². The van der Waals surface area contributed by atoms with E-state index in [-0.39, 0.29) is 12.4 Å². The van der Waals surface area contributed by atoms with Crippen molar-refractivity contribution < 1.29 is 48.4 Å². The number of alkyl halides is 6. The fraction of sp³-hybridized carbons (Fsp3) is 0.632. The number of nitrogens with zero attached hydrogens (tertiary/aromatic N) is 2. The second-order valence-electron chi connectivity index (χ2n) is 7.16. The standard InChI is InChI=1S/C19H25F6N3O.ClH/c1-2-3-13-28(16(26)27-11-5-4-6-12-27)15-9-7-14(8-10-15)17(29,18(20,21)22)19(23,24)25;/h7-10,26,29H,2-6,11-13H2,1H3;1H. The SMILES string of the molecule is CCCCN(C(N)=[N+]1CCCCC1)c1ccc(C(O)(C(F)(F)F)C(F)(F)F)cc1.[Cl-]. The highest BCUT2D eigenvalue weighted by molar-refractivity contribution is 5.91. The van der Waals surface area contributed by atoms with Crippen LogP contribution in [0, 0.1) is 0 Å². The van der Waals surface area contributed by atoms with Gasteiger partial charge in [-0.25, -0.2) is 4.90 Å². The van der Waals surface area contributed by atoms with E-state index in [4.69, 9.17) is 5.73 Å². The van der Waals surface area contributed by atoms with Gasteiger partial charge in [0.25, 0.3) is 5.60 Å². The first-order valence-electron chi connectivity index (χ1n) is 9.54. The van der Waals surface area contributed by atoms with Crippen molar-refractivity contribution in [3.63, 3.8) is 0 Å². The van der Waals surface area contributed by atoms with Crippen molar-refractivity contribution in [2.24, 2.45) is 5.73 Å². The third-order valence-corrected chi connectivity index (χ3v) is 5.11. The summed E-state index contributed by atoms with van der Waals surface area (Å²) in [6.07, 6.45) is -7.23. The monoisotopic (exact) mass is 461 g/mol. The minimum atomic E-state index is -5.91. The number of aliphatic hydroxyl groups is 1. The molecule has 0 spiro atoms. The summed E-state index contributed by atoms with van der Waals surface area (Å²) in [7, 11) is 0. The van der Waals surface area contributed by atoms with Gasteiger partial charge in [-0.15, -0.1) is 0 Å². The Hall–Kier alpha value is -1.68. The summed E-state index contributed by atoms with van der Waals surface area (Å²) in [5.41, 5.74) is 0.440. The Morgan fingerprint density at radius 2 is 1.50 bits per heavy atom. The number of unbranched alkanes of at least 4 members (excludes halogenated alkanes) is 1. The Kier molecular flexibility index (Phi) is 8.86. The van der Waals surface area contributed by atoms with Crippen LogP contribution in [0.25, 0.3) is 0 Å². The molecular formula is C19H26ClF6N3O. The van der Waals surface area contributed by atoms with Crippen LogP contribution in [-0.2, 0) is 5.60 Å². The topological polar surface area (TPSA) is 52.5 Å². The molecule has 0 amide bonds. The van der Waals surface area contributed by atoms with Gasteiger partial charge in [0.15, 0.2) is 0 Å². The van der Waals surface area contributed by atoms with Crippen molar-refractivity contribution >= 4 is 11.6 Å². The van der Waals surface area contributed by atoms with Gasteiger partial charge in [0.1, 0.15) is 5.69 Å². The molecule has 0 aliphatic carbocycles. The highest BCUT2D eigenvalue weighted by Crippen LogP contribution is 2.50. The molecule has 2 rings (SSSR count). The van der Waals surface area contributed by atoms with Crippen molar-refractivity contribution in [1.29, 1.82) is 0 Å². The van der Waals surface area contributed by atoms with Gasteiger partial charge in [0.05, 0.1) is 19.6 Å². The van der Waals surface area contributed by atoms with Crippen LogP contribution < -0.4 is 23.0 Å². The second kappa shape index (κ2) is 10.1. The molecule has 1 aromatic carbocycles. The smallest absolute Gasteiger partial charge is 0.430 e. The molecule has 172 valence electrons. The van der Waals surface area contributed by atoms with Gasteiger partial charge >= 0.3 is 18.3 Å². The number of rotatable bonds is 5. The van der Waals surface area contributed by atoms with E-state index in [1.165, 1.54) is 0 Å². The van der Waals surface area contributed by atoms with E-state index < -0.39 is 23.5 Å². The molecule has 0 bridgehead atoms. The fourth-order valence-electron chi connectivity index (χ4n) is 3.36. The van der Waals surface area contributed by atoms with Crippen molar-refractivity contribution in [2.75, 3.05) is 24.5 Å². The lowest BCUT2D eigenvalue weighted by atomic mass is 9.92. The minimum Gasteiger partial charge on any atom is -1.00 e. The summed E-state index contributed by atoms with van der Waals surface area (Å²) in [5.74, 6) is 0.424. The van der Waals surface area contributed by atoms with Crippen molar-refractivity contribution in [1.82, 2.24) is 0 Å². The Labute approximate surface area is 177 Å². The molecule has 0 unspecified atom stereocenters. The van der Waals surface area contributed by atoms with Gasteiger partial charge in [-0.2, -0.15) is 26.3 Å². The highest BCUT2D eigenvalue weighted by Gasteiger charge is 2.71. The van der Waals surface area contributed by atoms with Crippen LogP contribution >= 0.6 is 0 Å². The molecule has 1 saturated heterocycles. The molecule has 1 aromatic rings. The van der Waals surface area contributed by atoms with E-state index in [0.29, 0.717) is 30.3 Å².